The average molecular weight is 272 g/mol. The molecule has 0 bridgehead atoms. The number of nitrogens with zero attached hydrogens (tertiary/aromatic N) is 1. The summed E-state index contributed by atoms with van der Waals surface area (Å²) in [4.78, 5) is 24.1. The fraction of sp³-hybridized carbons (Fsp3) is 0.846. The Morgan fingerprint density at radius 1 is 1.47 bits per heavy atom. The number of nitrogens with two attached hydrogens (primary N) is 1. The fourth-order valence-corrected chi connectivity index (χ4v) is 2.08. The van der Waals surface area contributed by atoms with Crippen LogP contribution in [0.2, 0.25) is 0 Å². The number of carbonyl (C=O) groups excluding carboxylic acids is 2. The van der Waals surface area contributed by atoms with Crippen molar-refractivity contribution in [1.29, 1.82) is 0 Å². The molecular formula is C13H24N2O4. The van der Waals surface area contributed by atoms with Crippen LogP contribution < -0.4 is 5.73 Å². The highest BCUT2D eigenvalue weighted by molar-refractivity contribution is 5.72. The predicted molar refractivity (Wildman–Crippen MR) is 70.3 cm³/mol. The summed E-state index contributed by atoms with van der Waals surface area (Å²) in [5.74, 6) is 0.155. The van der Waals surface area contributed by atoms with Gasteiger partial charge < -0.3 is 20.5 Å². The second-order valence-electron chi connectivity index (χ2n) is 5.45. The number of primary amides is 1. The summed E-state index contributed by atoms with van der Waals surface area (Å²) in [6.45, 7) is 4.70. The minimum Gasteiger partial charge on any atom is -0.460 e. The van der Waals surface area contributed by atoms with Crippen molar-refractivity contribution in [2.24, 2.45) is 11.7 Å². The Morgan fingerprint density at radius 2 is 2.16 bits per heavy atom. The number of aliphatic hydroxyl groups excluding tert-OH is 1. The van der Waals surface area contributed by atoms with Crippen molar-refractivity contribution in [3.63, 3.8) is 0 Å². The number of aliphatic hydroxyl groups is 1. The van der Waals surface area contributed by atoms with E-state index in [0.717, 1.165) is 6.42 Å². The Hall–Kier alpha value is -1.30. The molecule has 1 saturated heterocycles. The van der Waals surface area contributed by atoms with Gasteiger partial charge in [0.25, 0.3) is 0 Å². The van der Waals surface area contributed by atoms with Gasteiger partial charge in [0.15, 0.2) is 0 Å². The van der Waals surface area contributed by atoms with Gasteiger partial charge in [-0.25, -0.2) is 4.79 Å². The molecule has 2 atom stereocenters. The van der Waals surface area contributed by atoms with Crippen LogP contribution in [0.25, 0.3) is 0 Å². The van der Waals surface area contributed by atoms with Crippen LogP contribution in [0.5, 0.6) is 0 Å². The minimum atomic E-state index is -0.863. The van der Waals surface area contributed by atoms with E-state index in [0.29, 0.717) is 31.7 Å². The Morgan fingerprint density at radius 3 is 2.74 bits per heavy atom. The molecule has 3 N–H and O–H groups in total. The van der Waals surface area contributed by atoms with Gasteiger partial charge >= 0.3 is 12.0 Å². The van der Waals surface area contributed by atoms with Crippen molar-refractivity contribution in [2.45, 2.75) is 51.7 Å². The van der Waals surface area contributed by atoms with Gasteiger partial charge in [0.1, 0.15) is 12.2 Å². The quantitative estimate of drug-likeness (QED) is 0.743. The van der Waals surface area contributed by atoms with Gasteiger partial charge in [-0.05, 0) is 25.2 Å². The lowest BCUT2D eigenvalue weighted by molar-refractivity contribution is -0.155. The van der Waals surface area contributed by atoms with Crippen LogP contribution in [0.4, 0.5) is 4.79 Å². The Bertz CT molecular complexity index is 320. The summed E-state index contributed by atoms with van der Waals surface area (Å²) in [7, 11) is 0. The van der Waals surface area contributed by atoms with Gasteiger partial charge in [0.2, 0.25) is 0 Å². The van der Waals surface area contributed by atoms with E-state index in [1.807, 2.05) is 13.8 Å². The number of hydrogen-bond donors (Lipinski definition) is 2. The van der Waals surface area contributed by atoms with E-state index in [4.69, 9.17) is 10.5 Å². The van der Waals surface area contributed by atoms with Gasteiger partial charge in [0, 0.05) is 13.0 Å². The molecule has 1 heterocycles. The van der Waals surface area contributed by atoms with Crippen LogP contribution in [0.3, 0.4) is 0 Å². The first-order valence-corrected chi connectivity index (χ1v) is 6.82. The van der Waals surface area contributed by atoms with Crippen LogP contribution in [0, 0.1) is 5.92 Å². The van der Waals surface area contributed by atoms with E-state index in [2.05, 4.69) is 0 Å². The topological polar surface area (TPSA) is 92.9 Å². The predicted octanol–water partition coefficient (Wildman–Crippen LogP) is 0.870. The minimum absolute atomic E-state index is 0.122. The summed E-state index contributed by atoms with van der Waals surface area (Å²) in [6, 6.07) is -0.550. The molecule has 0 spiro atoms. The maximum Gasteiger partial charge on any atom is 0.314 e. The summed E-state index contributed by atoms with van der Waals surface area (Å²) in [5.41, 5.74) is 5.19. The maximum absolute atomic E-state index is 11.7. The Kier molecular flexibility index (Phi) is 6.08. The number of β-amino-alcohol motifs (C(OH)–C–C–N with tert-alkyl or cyclic N) is 1. The fourth-order valence-electron chi connectivity index (χ4n) is 2.08. The highest BCUT2D eigenvalue weighted by Crippen LogP contribution is 2.16. The first-order chi connectivity index (χ1) is 8.90. The van der Waals surface area contributed by atoms with E-state index >= 15 is 0 Å². The van der Waals surface area contributed by atoms with Crippen LogP contribution >= 0.6 is 0 Å². The van der Waals surface area contributed by atoms with Crippen molar-refractivity contribution >= 4 is 12.0 Å². The SMILES string of the molecule is CC(C)CCC(=O)OC1CCCN(C(N)=O)CC1O. The molecule has 110 valence electrons. The number of rotatable bonds is 4. The molecule has 1 rings (SSSR count). The van der Waals surface area contributed by atoms with E-state index in [1.54, 1.807) is 0 Å². The Balaban J connectivity index is 2.45. The molecule has 2 amide bonds. The highest BCUT2D eigenvalue weighted by atomic mass is 16.6. The van der Waals surface area contributed by atoms with Crippen LogP contribution in [0.1, 0.15) is 39.5 Å². The van der Waals surface area contributed by atoms with E-state index in [9.17, 15) is 14.7 Å². The van der Waals surface area contributed by atoms with Gasteiger partial charge in [-0.3, -0.25) is 4.79 Å². The third-order valence-electron chi connectivity index (χ3n) is 3.27. The zero-order valence-electron chi connectivity index (χ0n) is 11.7. The molecule has 0 aromatic heterocycles. The van der Waals surface area contributed by atoms with Crippen molar-refractivity contribution in [3.05, 3.63) is 0 Å². The molecule has 0 saturated carbocycles. The second kappa shape index (κ2) is 7.33. The zero-order chi connectivity index (χ0) is 14.4. The molecule has 0 aromatic carbocycles. The molecule has 2 unspecified atom stereocenters. The largest absolute Gasteiger partial charge is 0.460 e. The van der Waals surface area contributed by atoms with Crippen molar-refractivity contribution in [2.75, 3.05) is 13.1 Å². The van der Waals surface area contributed by atoms with E-state index < -0.39 is 18.2 Å². The molecular weight excluding hydrogens is 248 g/mol. The van der Waals surface area contributed by atoms with E-state index in [1.165, 1.54) is 4.90 Å². The monoisotopic (exact) mass is 272 g/mol. The molecule has 1 fully saturated rings. The second-order valence-corrected chi connectivity index (χ2v) is 5.45. The summed E-state index contributed by atoms with van der Waals surface area (Å²) in [5, 5.41) is 9.97. The lowest BCUT2D eigenvalue weighted by Gasteiger charge is -2.23. The number of amides is 2. The third-order valence-corrected chi connectivity index (χ3v) is 3.27. The molecule has 1 aliphatic rings. The van der Waals surface area contributed by atoms with Gasteiger partial charge in [0.05, 0.1) is 6.54 Å². The highest BCUT2D eigenvalue weighted by Gasteiger charge is 2.29. The van der Waals surface area contributed by atoms with Crippen molar-refractivity contribution in [1.82, 2.24) is 4.90 Å². The lowest BCUT2D eigenvalue weighted by Crippen LogP contribution is -2.43. The number of likely N-dealkylation sites (tertiary alicyclic amines) is 1. The third kappa shape index (κ3) is 5.46. The number of ether oxygens (including phenoxy) is 1. The average Bonchev–Trinajstić information content (AvgIpc) is 2.50. The number of carbonyl (C=O) groups is 2. The summed E-state index contributed by atoms with van der Waals surface area (Å²) in [6.07, 6.45) is 0.956. The standard InChI is InChI=1S/C13H24N2O4/c1-9(2)5-6-12(17)19-11-4-3-7-15(13(14)18)8-10(11)16/h9-11,16H,3-8H2,1-2H3,(H2,14,18). The van der Waals surface area contributed by atoms with Gasteiger partial charge in [-0.2, -0.15) is 0 Å². The van der Waals surface area contributed by atoms with E-state index in [-0.39, 0.29) is 12.5 Å². The molecule has 6 heteroatoms. The molecule has 19 heavy (non-hydrogen) atoms. The van der Waals surface area contributed by atoms with Crippen LogP contribution in [-0.4, -0.2) is 47.3 Å². The van der Waals surface area contributed by atoms with Crippen molar-refractivity contribution in [3.8, 4) is 0 Å². The summed E-state index contributed by atoms with van der Waals surface area (Å²) < 4.78 is 5.29. The summed E-state index contributed by atoms with van der Waals surface area (Å²) >= 11 is 0. The number of hydrogen-bond acceptors (Lipinski definition) is 4. The first-order valence-electron chi connectivity index (χ1n) is 6.82. The Labute approximate surface area is 113 Å². The molecule has 0 radical (unpaired) electrons. The van der Waals surface area contributed by atoms with Crippen molar-refractivity contribution < 1.29 is 19.4 Å². The normalized spacial score (nSPS) is 24.1. The first kappa shape index (κ1) is 15.8. The maximum atomic E-state index is 11.7. The van der Waals surface area contributed by atoms with Gasteiger partial charge in [-0.1, -0.05) is 13.8 Å². The zero-order valence-corrected chi connectivity index (χ0v) is 11.7. The molecule has 1 aliphatic heterocycles. The number of urea groups is 1. The van der Waals surface area contributed by atoms with Gasteiger partial charge in [-0.15, -0.1) is 0 Å². The smallest absolute Gasteiger partial charge is 0.314 e. The van der Waals surface area contributed by atoms with Crippen LogP contribution in [-0.2, 0) is 9.53 Å². The molecule has 6 nitrogen and oxygen atoms in total. The number of esters is 1. The van der Waals surface area contributed by atoms with Crippen LogP contribution in [0.15, 0.2) is 0 Å². The lowest BCUT2D eigenvalue weighted by atomic mass is 10.1. The molecule has 0 aliphatic carbocycles. The molecule has 0 aromatic rings.